The Morgan fingerprint density at radius 3 is 2.81 bits per heavy atom. The zero-order chi connectivity index (χ0) is 11.8. The van der Waals surface area contributed by atoms with Gasteiger partial charge >= 0.3 is 0 Å². The molecule has 1 fully saturated rings. The SMILES string of the molecule is CC(C)N(C)CCCCNCC1CCOC1. The van der Waals surface area contributed by atoms with Crippen LogP contribution in [0.25, 0.3) is 0 Å². The van der Waals surface area contributed by atoms with Gasteiger partial charge in [-0.3, -0.25) is 0 Å². The van der Waals surface area contributed by atoms with Crippen LogP contribution in [0.3, 0.4) is 0 Å². The van der Waals surface area contributed by atoms with Gasteiger partial charge in [-0.25, -0.2) is 0 Å². The van der Waals surface area contributed by atoms with Crippen LogP contribution in [-0.2, 0) is 4.74 Å². The van der Waals surface area contributed by atoms with Crippen LogP contribution in [-0.4, -0.2) is 50.8 Å². The van der Waals surface area contributed by atoms with Crippen LogP contribution in [0.5, 0.6) is 0 Å². The van der Waals surface area contributed by atoms with Crippen LogP contribution in [0.1, 0.15) is 33.1 Å². The smallest absolute Gasteiger partial charge is 0.0507 e. The van der Waals surface area contributed by atoms with E-state index in [1.54, 1.807) is 0 Å². The van der Waals surface area contributed by atoms with Crippen molar-refractivity contribution in [3.63, 3.8) is 0 Å². The van der Waals surface area contributed by atoms with Gasteiger partial charge in [0.2, 0.25) is 0 Å². The second kappa shape index (κ2) is 8.04. The molecule has 0 aliphatic carbocycles. The Kier molecular flexibility index (Phi) is 7.01. The zero-order valence-electron chi connectivity index (χ0n) is 11.2. The topological polar surface area (TPSA) is 24.5 Å². The van der Waals surface area contributed by atoms with E-state index < -0.39 is 0 Å². The summed E-state index contributed by atoms with van der Waals surface area (Å²) < 4.78 is 5.35. The van der Waals surface area contributed by atoms with Gasteiger partial charge in [-0.15, -0.1) is 0 Å². The van der Waals surface area contributed by atoms with E-state index in [1.807, 2.05) is 0 Å². The van der Waals surface area contributed by atoms with Crippen LogP contribution in [0, 0.1) is 5.92 Å². The maximum atomic E-state index is 5.35. The molecule has 96 valence electrons. The summed E-state index contributed by atoms with van der Waals surface area (Å²) in [4.78, 5) is 2.41. The van der Waals surface area contributed by atoms with E-state index in [0.29, 0.717) is 6.04 Å². The van der Waals surface area contributed by atoms with Crippen LogP contribution < -0.4 is 5.32 Å². The molecule has 0 aromatic rings. The maximum absolute atomic E-state index is 5.35. The average Bonchev–Trinajstić information content (AvgIpc) is 2.75. The second-order valence-corrected chi connectivity index (χ2v) is 5.22. The monoisotopic (exact) mass is 228 g/mol. The van der Waals surface area contributed by atoms with Gasteiger partial charge in [-0.05, 0) is 59.2 Å². The van der Waals surface area contributed by atoms with E-state index >= 15 is 0 Å². The van der Waals surface area contributed by atoms with Crippen molar-refractivity contribution in [3.8, 4) is 0 Å². The van der Waals surface area contributed by atoms with Crippen LogP contribution in [0.4, 0.5) is 0 Å². The van der Waals surface area contributed by atoms with Crippen molar-refractivity contribution < 1.29 is 4.74 Å². The Labute approximate surface area is 101 Å². The Hall–Kier alpha value is -0.120. The highest BCUT2D eigenvalue weighted by Gasteiger charge is 2.14. The Bertz CT molecular complexity index is 161. The zero-order valence-corrected chi connectivity index (χ0v) is 11.2. The van der Waals surface area contributed by atoms with E-state index in [4.69, 9.17) is 4.74 Å². The van der Waals surface area contributed by atoms with Crippen LogP contribution >= 0.6 is 0 Å². The summed E-state index contributed by atoms with van der Waals surface area (Å²) in [7, 11) is 2.20. The lowest BCUT2D eigenvalue weighted by Gasteiger charge is -2.20. The van der Waals surface area contributed by atoms with Crippen molar-refractivity contribution in [2.75, 3.05) is 39.9 Å². The highest BCUT2D eigenvalue weighted by atomic mass is 16.5. The molecule has 1 heterocycles. The molecular weight excluding hydrogens is 200 g/mol. The molecule has 0 saturated carbocycles. The molecule has 0 bridgehead atoms. The lowest BCUT2D eigenvalue weighted by molar-refractivity contribution is 0.185. The van der Waals surface area contributed by atoms with Crippen molar-refractivity contribution in [3.05, 3.63) is 0 Å². The molecule has 1 aliphatic rings. The number of unbranched alkanes of at least 4 members (excludes halogenated alkanes) is 1. The summed E-state index contributed by atoms with van der Waals surface area (Å²) in [6.45, 7) is 9.93. The third kappa shape index (κ3) is 5.83. The molecule has 0 aromatic carbocycles. The number of nitrogens with zero attached hydrogens (tertiary/aromatic N) is 1. The molecule has 0 radical (unpaired) electrons. The number of hydrogen-bond donors (Lipinski definition) is 1. The van der Waals surface area contributed by atoms with Gasteiger partial charge in [0.15, 0.2) is 0 Å². The quantitative estimate of drug-likeness (QED) is 0.640. The third-order valence-electron chi connectivity index (χ3n) is 3.45. The summed E-state index contributed by atoms with van der Waals surface area (Å²) >= 11 is 0. The van der Waals surface area contributed by atoms with Crippen molar-refractivity contribution in [2.24, 2.45) is 5.92 Å². The minimum absolute atomic E-state index is 0.670. The Morgan fingerprint density at radius 1 is 1.38 bits per heavy atom. The summed E-state index contributed by atoms with van der Waals surface area (Å²) in [6, 6.07) is 0.670. The fourth-order valence-electron chi connectivity index (χ4n) is 1.92. The lowest BCUT2D eigenvalue weighted by atomic mass is 10.1. The van der Waals surface area contributed by atoms with Gasteiger partial charge in [-0.1, -0.05) is 0 Å². The predicted molar refractivity (Wildman–Crippen MR) is 68.8 cm³/mol. The first-order valence-corrected chi connectivity index (χ1v) is 6.69. The summed E-state index contributed by atoms with van der Waals surface area (Å²) in [5.41, 5.74) is 0. The normalized spacial score (nSPS) is 21.2. The predicted octanol–water partition coefficient (Wildman–Crippen LogP) is 1.73. The molecule has 1 N–H and O–H groups in total. The van der Waals surface area contributed by atoms with Crippen molar-refractivity contribution in [2.45, 2.75) is 39.2 Å². The minimum atomic E-state index is 0.670. The summed E-state index contributed by atoms with van der Waals surface area (Å²) in [5.74, 6) is 0.762. The van der Waals surface area contributed by atoms with E-state index in [1.165, 1.54) is 25.8 Å². The second-order valence-electron chi connectivity index (χ2n) is 5.22. The average molecular weight is 228 g/mol. The number of rotatable bonds is 8. The number of nitrogens with one attached hydrogen (secondary N) is 1. The Morgan fingerprint density at radius 2 is 2.19 bits per heavy atom. The minimum Gasteiger partial charge on any atom is -0.381 e. The molecule has 0 amide bonds. The number of hydrogen-bond acceptors (Lipinski definition) is 3. The van der Waals surface area contributed by atoms with E-state index in [0.717, 1.165) is 32.2 Å². The van der Waals surface area contributed by atoms with E-state index in [2.05, 4.69) is 31.1 Å². The maximum Gasteiger partial charge on any atom is 0.0507 e. The molecule has 16 heavy (non-hydrogen) atoms. The van der Waals surface area contributed by atoms with Crippen molar-refractivity contribution >= 4 is 0 Å². The summed E-state index contributed by atoms with van der Waals surface area (Å²) in [6.07, 6.45) is 3.82. The van der Waals surface area contributed by atoms with Gasteiger partial charge in [0, 0.05) is 19.2 Å². The van der Waals surface area contributed by atoms with Crippen molar-refractivity contribution in [1.29, 1.82) is 0 Å². The van der Waals surface area contributed by atoms with Crippen LogP contribution in [0.2, 0.25) is 0 Å². The third-order valence-corrected chi connectivity index (χ3v) is 3.45. The molecular formula is C13H28N2O. The summed E-state index contributed by atoms with van der Waals surface area (Å²) in [5, 5.41) is 3.53. The number of ether oxygens (including phenoxy) is 1. The molecule has 0 spiro atoms. The molecule has 3 heteroatoms. The van der Waals surface area contributed by atoms with Gasteiger partial charge in [-0.2, -0.15) is 0 Å². The molecule has 1 unspecified atom stereocenters. The van der Waals surface area contributed by atoms with E-state index in [9.17, 15) is 0 Å². The van der Waals surface area contributed by atoms with Gasteiger partial charge in [0.25, 0.3) is 0 Å². The van der Waals surface area contributed by atoms with E-state index in [-0.39, 0.29) is 0 Å². The molecule has 1 rings (SSSR count). The van der Waals surface area contributed by atoms with Crippen molar-refractivity contribution in [1.82, 2.24) is 10.2 Å². The molecule has 3 nitrogen and oxygen atoms in total. The lowest BCUT2D eigenvalue weighted by Crippen LogP contribution is -2.28. The fraction of sp³-hybridized carbons (Fsp3) is 1.00. The molecule has 0 aromatic heterocycles. The van der Waals surface area contributed by atoms with Gasteiger partial charge in [0.1, 0.15) is 0 Å². The van der Waals surface area contributed by atoms with Crippen LogP contribution in [0.15, 0.2) is 0 Å². The first-order valence-electron chi connectivity index (χ1n) is 6.69. The molecule has 1 atom stereocenters. The highest BCUT2D eigenvalue weighted by Crippen LogP contribution is 2.10. The molecule has 1 aliphatic heterocycles. The fourth-order valence-corrected chi connectivity index (χ4v) is 1.92. The first-order chi connectivity index (χ1) is 7.70. The highest BCUT2D eigenvalue weighted by molar-refractivity contribution is 4.66. The standard InChI is InChI=1S/C13H28N2O/c1-12(2)15(3)8-5-4-7-14-10-13-6-9-16-11-13/h12-14H,4-11H2,1-3H3. The van der Waals surface area contributed by atoms with Gasteiger partial charge in [0.05, 0.1) is 6.61 Å². The molecule has 1 saturated heterocycles. The first kappa shape index (κ1) is 13.9. The largest absolute Gasteiger partial charge is 0.381 e. The van der Waals surface area contributed by atoms with Gasteiger partial charge < -0.3 is 15.0 Å². The Balaban J connectivity index is 1.84.